The van der Waals surface area contributed by atoms with Crippen LogP contribution >= 0.6 is 0 Å². The summed E-state index contributed by atoms with van der Waals surface area (Å²) >= 11 is 0. The van der Waals surface area contributed by atoms with Gasteiger partial charge in [-0.15, -0.1) is 0 Å². The highest BCUT2D eigenvalue weighted by molar-refractivity contribution is 5.83. The van der Waals surface area contributed by atoms with Gasteiger partial charge < -0.3 is 10.6 Å². The summed E-state index contributed by atoms with van der Waals surface area (Å²) < 4.78 is 0. The van der Waals surface area contributed by atoms with Crippen molar-refractivity contribution in [1.82, 2.24) is 10.6 Å². The van der Waals surface area contributed by atoms with Gasteiger partial charge in [0.25, 0.3) is 0 Å². The van der Waals surface area contributed by atoms with Crippen molar-refractivity contribution in [2.24, 2.45) is 22.2 Å². The van der Waals surface area contributed by atoms with Crippen LogP contribution < -0.4 is 10.6 Å². The lowest BCUT2D eigenvalue weighted by atomic mass is 9.40. The van der Waals surface area contributed by atoms with Gasteiger partial charge in [0.05, 0.1) is 5.41 Å². The SMILES string of the molecule is CCNCCNC(=O)C12CC3CC(C)(CC(C)(C3)C1)C2. The maximum absolute atomic E-state index is 12.8. The maximum atomic E-state index is 12.8. The lowest BCUT2D eigenvalue weighted by molar-refractivity contribution is -0.170. The molecule has 2 atom stereocenters. The van der Waals surface area contributed by atoms with Gasteiger partial charge in [-0.2, -0.15) is 0 Å². The zero-order valence-corrected chi connectivity index (χ0v) is 13.3. The number of rotatable bonds is 5. The third kappa shape index (κ3) is 2.38. The molecule has 3 heteroatoms. The summed E-state index contributed by atoms with van der Waals surface area (Å²) in [5.41, 5.74) is 0.801. The zero-order valence-electron chi connectivity index (χ0n) is 13.3. The fourth-order valence-electron chi connectivity index (χ4n) is 6.33. The average molecular weight is 278 g/mol. The summed E-state index contributed by atoms with van der Waals surface area (Å²) in [6.07, 6.45) is 7.44. The van der Waals surface area contributed by atoms with Crippen molar-refractivity contribution in [2.75, 3.05) is 19.6 Å². The lowest BCUT2D eigenvalue weighted by Crippen LogP contribution is -2.60. The first-order valence-corrected chi connectivity index (χ1v) is 8.38. The summed E-state index contributed by atoms with van der Waals surface area (Å²) in [5.74, 6) is 1.14. The molecule has 0 aromatic heterocycles. The summed E-state index contributed by atoms with van der Waals surface area (Å²) in [7, 11) is 0. The molecule has 4 saturated carbocycles. The number of hydrogen-bond acceptors (Lipinski definition) is 2. The number of carbonyl (C=O) groups is 1. The van der Waals surface area contributed by atoms with E-state index >= 15 is 0 Å². The first-order valence-electron chi connectivity index (χ1n) is 8.38. The quantitative estimate of drug-likeness (QED) is 0.759. The summed E-state index contributed by atoms with van der Waals surface area (Å²) in [6, 6.07) is 0. The van der Waals surface area contributed by atoms with E-state index in [1.165, 1.54) is 19.3 Å². The van der Waals surface area contributed by atoms with Gasteiger partial charge in [0.2, 0.25) is 5.91 Å². The predicted octanol–water partition coefficient (Wildman–Crippen LogP) is 2.71. The van der Waals surface area contributed by atoms with E-state index in [0.29, 0.717) is 16.7 Å². The fourth-order valence-corrected chi connectivity index (χ4v) is 6.33. The first-order chi connectivity index (χ1) is 9.39. The summed E-state index contributed by atoms with van der Waals surface area (Å²) in [4.78, 5) is 12.8. The highest BCUT2D eigenvalue weighted by atomic mass is 16.2. The molecule has 0 radical (unpaired) electrons. The normalized spacial score (nSPS) is 45.6. The smallest absolute Gasteiger partial charge is 0.226 e. The Morgan fingerprint density at radius 2 is 1.70 bits per heavy atom. The molecule has 0 saturated heterocycles. The van der Waals surface area contributed by atoms with Crippen LogP contribution in [0.3, 0.4) is 0 Å². The van der Waals surface area contributed by atoms with Crippen molar-refractivity contribution in [3.8, 4) is 0 Å². The molecular weight excluding hydrogens is 248 g/mol. The minimum atomic E-state index is -0.0465. The third-order valence-electron chi connectivity index (χ3n) is 5.95. The van der Waals surface area contributed by atoms with Crippen LogP contribution in [0.4, 0.5) is 0 Å². The Morgan fingerprint density at radius 3 is 2.25 bits per heavy atom. The number of nitrogens with one attached hydrogen (secondary N) is 2. The van der Waals surface area contributed by atoms with E-state index in [1.54, 1.807) is 0 Å². The molecular formula is C17H30N2O. The summed E-state index contributed by atoms with van der Waals surface area (Å²) in [5, 5.41) is 6.49. The monoisotopic (exact) mass is 278 g/mol. The second kappa shape index (κ2) is 4.72. The largest absolute Gasteiger partial charge is 0.354 e. The molecule has 4 aliphatic rings. The predicted molar refractivity (Wildman–Crippen MR) is 81.4 cm³/mol. The average Bonchev–Trinajstić information content (AvgIpc) is 2.29. The first kappa shape index (κ1) is 14.4. The number of amides is 1. The van der Waals surface area contributed by atoms with Crippen molar-refractivity contribution in [3.63, 3.8) is 0 Å². The molecule has 0 aromatic carbocycles. The van der Waals surface area contributed by atoms with Gasteiger partial charge >= 0.3 is 0 Å². The van der Waals surface area contributed by atoms with Crippen molar-refractivity contribution in [2.45, 2.75) is 59.3 Å². The van der Waals surface area contributed by atoms with Crippen LogP contribution in [0.2, 0.25) is 0 Å². The fraction of sp³-hybridized carbons (Fsp3) is 0.941. The Bertz CT molecular complexity index is 388. The molecule has 0 spiro atoms. The number of likely N-dealkylation sites (N-methyl/N-ethyl adjacent to an activating group) is 1. The second-order valence-corrected chi connectivity index (χ2v) is 8.52. The highest BCUT2D eigenvalue weighted by Gasteiger charge is 2.62. The molecule has 2 N–H and O–H groups in total. The van der Waals surface area contributed by atoms with Gasteiger partial charge in [-0.05, 0) is 61.8 Å². The van der Waals surface area contributed by atoms with E-state index in [0.717, 1.165) is 44.8 Å². The minimum Gasteiger partial charge on any atom is -0.354 e. The van der Waals surface area contributed by atoms with E-state index < -0.39 is 0 Å². The van der Waals surface area contributed by atoms with Crippen LogP contribution in [-0.2, 0) is 4.79 Å². The second-order valence-electron chi connectivity index (χ2n) is 8.52. The van der Waals surface area contributed by atoms with Gasteiger partial charge in [0, 0.05) is 13.1 Å². The maximum Gasteiger partial charge on any atom is 0.226 e. The summed E-state index contributed by atoms with van der Waals surface area (Å²) in [6.45, 7) is 9.58. The zero-order chi connectivity index (χ0) is 14.4. The highest BCUT2D eigenvalue weighted by Crippen LogP contribution is 2.69. The Hall–Kier alpha value is -0.570. The molecule has 0 aliphatic heterocycles. The van der Waals surface area contributed by atoms with Crippen LogP contribution in [0.1, 0.15) is 59.3 Å². The Kier molecular flexibility index (Phi) is 3.39. The van der Waals surface area contributed by atoms with E-state index in [9.17, 15) is 4.79 Å². The molecule has 4 rings (SSSR count). The van der Waals surface area contributed by atoms with Crippen LogP contribution in [0.5, 0.6) is 0 Å². The van der Waals surface area contributed by atoms with Gasteiger partial charge in [-0.1, -0.05) is 20.8 Å². The van der Waals surface area contributed by atoms with Crippen molar-refractivity contribution in [3.05, 3.63) is 0 Å². The van der Waals surface area contributed by atoms with Crippen molar-refractivity contribution >= 4 is 5.91 Å². The molecule has 0 aromatic rings. The third-order valence-corrected chi connectivity index (χ3v) is 5.95. The van der Waals surface area contributed by atoms with Gasteiger partial charge in [-0.3, -0.25) is 4.79 Å². The number of carbonyl (C=O) groups excluding carboxylic acids is 1. The van der Waals surface area contributed by atoms with E-state index in [4.69, 9.17) is 0 Å². The molecule has 20 heavy (non-hydrogen) atoms. The molecule has 3 nitrogen and oxygen atoms in total. The Balaban J connectivity index is 1.70. The van der Waals surface area contributed by atoms with Crippen LogP contribution in [0.15, 0.2) is 0 Å². The van der Waals surface area contributed by atoms with Crippen molar-refractivity contribution in [1.29, 1.82) is 0 Å². The molecule has 4 fully saturated rings. The van der Waals surface area contributed by atoms with E-state index in [2.05, 4.69) is 31.4 Å². The Labute approximate surface area is 123 Å². The van der Waals surface area contributed by atoms with Gasteiger partial charge in [0.15, 0.2) is 0 Å². The number of hydrogen-bond donors (Lipinski definition) is 2. The molecule has 4 bridgehead atoms. The molecule has 114 valence electrons. The van der Waals surface area contributed by atoms with Crippen molar-refractivity contribution < 1.29 is 4.79 Å². The van der Waals surface area contributed by atoms with Crippen LogP contribution in [0, 0.1) is 22.2 Å². The minimum absolute atomic E-state index is 0.0465. The molecule has 4 aliphatic carbocycles. The topological polar surface area (TPSA) is 41.1 Å². The van der Waals surface area contributed by atoms with Crippen LogP contribution in [-0.4, -0.2) is 25.5 Å². The molecule has 2 unspecified atom stereocenters. The lowest BCUT2D eigenvalue weighted by Gasteiger charge is -2.64. The van der Waals surface area contributed by atoms with Gasteiger partial charge in [-0.25, -0.2) is 0 Å². The standard InChI is InChI=1S/C17H30N2O/c1-4-18-5-6-19-14(20)17-9-13-7-15(2,11-17)10-16(3,8-13)12-17/h13,18H,4-12H2,1-3H3,(H,19,20). The molecule has 0 heterocycles. The van der Waals surface area contributed by atoms with Gasteiger partial charge in [0.1, 0.15) is 0 Å². The van der Waals surface area contributed by atoms with E-state index in [-0.39, 0.29) is 5.41 Å². The van der Waals surface area contributed by atoms with Crippen LogP contribution in [0.25, 0.3) is 0 Å². The van der Waals surface area contributed by atoms with E-state index in [1.807, 2.05) is 0 Å². The Morgan fingerprint density at radius 1 is 1.05 bits per heavy atom. The molecule has 1 amide bonds.